The van der Waals surface area contributed by atoms with Gasteiger partial charge in [-0.1, -0.05) is 42.5 Å². The Labute approximate surface area is 165 Å². The summed E-state index contributed by atoms with van der Waals surface area (Å²) < 4.78 is 0. The van der Waals surface area contributed by atoms with Gasteiger partial charge in [-0.2, -0.15) is 0 Å². The summed E-state index contributed by atoms with van der Waals surface area (Å²) in [6.45, 7) is 5.47. The zero-order valence-corrected chi connectivity index (χ0v) is 16.1. The third kappa shape index (κ3) is 5.96. The molecule has 0 aliphatic carbocycles. The maximum atomic E-state index is 12.4. The Morgan fingerprint density at radius 1 is 0.893 bits per heavy atom. The van der Waals surface area contributed by atoms with E-state index in [9.17, 15) is 9.59 Å². The SMILES string of the molecule is CC(=O)Nc1ccc(NC(=O)N2CCN(C/C=C/c3ccccc3)CC2)cc1. The van der Waals surface area contributed by atoms with Crippen molar-refractivity contribution in [1.82, 2.24) is 9.80 Å². The Kier molecular flexibility index (Phi) is 6.81. The van der Waals surface area contributed by atoms with Crippen LogP contribution >= 0.6 is 0 Å². The van der Waals surface area contributed by atoms with Crippen molar-refractivity contribution < 1.29 is 9.59 Å². The third-order valence-electron chi connectivity index (χ3n) is 4.59. The molecule has 0 aromatic heterocycles. The summed E-state index contributed by atoms with van der Waals surface area (Å²) in [5, 5.41) is 5.62. The van der Waals surface area contributed by atoms with Crippen LogP contribution in [-0.4, -0.2) is 54.5 Å². The summed E-state index contributed by atoms with van der Waals surface area (Å²) in [5.74, 6) is -0.117. The number of anilines is 2. The normalized spacial score (nSPS) is 14.8. The van der Waals surface area contributed by atoms with Gasteiger partial charge in [-0.05, 0) is 29.8 Å². The molecule has 1 fully saturated rings. The molecule has 1 heterocycles. The van der Waals surface area contributed by atoms with Crippen molar-refractivity contribution >= 4 is 29.4 Å². The largest absolute Gasteiger partial charge is 0.326 e. The Morgan fingerprint density at radius 3 is 2.11 bits per heavy atom. The van der Waals surface area contributed by atoms with E-state index in [2.05, 4.69) is 39.8 Å². The fourth-order valence-electron chi connectivity index (χ4n) is 3.08. The van der Waals surface area contributed by atoms with Gasteiger partial charge in [0.25, 0.3) is 0 Å². The molecule has 6 heteroatoms. The highest BCUT2D eigenvalue weighted by molar-refractivity contribution is 5.91. The number of carbonyl (C=O) groups excluding carboxylic acids is 2. The van der Waals surface area contributed by atoms with Crippen molar-refractivity contribution in [3.63, 3.8) is 0 Å². The molecule has 2 aromatic rings. The number of hydrogen-bond donors (Lipinski definition) is 2. The number of hydrogen-bond acceptors (Lipinski definition) is 3. The van der Waals surface area contributed by atoms with Crippen LogP contribution in [0.4, 0.5) is 16.2 Å². The van der Waals surface area contributed by atoms with Gasteiger partial charge in [0.05, 0.1) is 0 Å². The Balaban J connectivity index is 1.42. The molecule has 0 radical (unpaired) electrons. The summed E-state index contributed by atoms with van der Waals surface area (Å²) in [7, 11) is 0. The number of nitrogens with zero attached hydrogens (tertiary/aromatic N) is 2. The molecule has 0 unspecified atom stereocenters. The van der Waals surface area contributed by atoms with Gasteiger partial charge in [0.15, 0.2) is 0 Å². The number of benzene rings is 2. The molecule has 0 spiro atoms. The molecule has 146 valence electrons. The summed E-state index contributed by atoms with van der Waals surface area (Å²) in [4.78, 5) is 27.7. The van der Waals surface area contributed by atoms with Crippen LogP contribution in [-0.2, 0) is 4.79 Å². The Hall–Kier alpha value is -3.12. The highest BCUT2D eigenvalue weighted by atomic mass is 16.2. The highest BCUT2D eigenvalue weighted by Crippen LogP contribution is 2.14. The van der Waals surface area contributed by atoms with Gasteiger partial charge in [-0.3, -0.25) is 9.69 Å². The second-order valence-electron chi connectivity index (χ2n) is 6.79. The first-order valence-electron chi connectivity index (χ1n) is 9.48. The molecule has 28 heavy (non-hydrogen) atoms. The molecule has 6 nitrogen and oxygen atoms in total. The van der Waals surface area contributed by atoms with Gasteiger partial charge < -0.3 is 15.5 Å². The van der Waals surface area contributed by atoms with Crippen LogP contribution in [0, 0.1) is 0 Å². The zero-order valence-electron chi connectivity index (χ0n) is 16.1. The summed E-state index contributed by atoms with van der Waals surface area (Å²) in [6.07, 6.45) is 4.30. The number of nitrogens with one attached hydrogen (secondary N) is 2. The van der Waals surface area contributed by atoms with Crippen LogP contribution < -0.4 is 10.6 Å². The van der Waals surface area contributed by atoms with E-state index in [-0.39, 0.29) is 11.9 Å². The molecule has 3 amide bonds. The second-order valence-corrected chi connectivity index (χ2v) is 6.79. The molecule has 0 bridgehead atoms. The molecule has 2 aromatic carbocycles. The van der Waals surface area contributed by atoms with Crippen LogP contribution in [0.1, 0.15) is 12.5 Å². The predicted octanol–water partition coefficient (Wildman–Crippen LogP) is 3.51. The first-order chi connectivity index (χ1) is 13.6. The topological polar surface area (TPSA) is 64.7 Å². The van der Waals surface area contributed by atoms with E-state index in [0.717, 1.165) is 19.6 Å². The highest BCUT2D eigenvalue weighted by Gasteiger charge is 2.20. The monoisotopic (exact) mass is 378 g/mol. The lowest BCUT2D eigenvalue weighted by Crippen LogP contribution is -2.49. The Morgan fingerprint density at radius 2 is 1.50 bits per heavy atom. The smallest absolute Gasteiger partial charge is 0.321 e. The van der Waals surface area contributed by atoms with E-state index in [4.69, 9.17) is 0 Å². The van der Waals surface area contributed by atoms with Crippen LogP contribution in [0.3, 0.4) is 0 Å². The van der Waals surface area contributed by atoms with Gasteiger partial charge in [-0.15, -0.1) is 0 Å². The molecule has 3 rings (SSSR count). The minimum absolute atomic E-state index is 0.0910. The predicted molar refractivity (Wildman–Crippen MR) is 113 cm³/mol. The van der Waals surface area contributed by atoms with Crippen molar-refractivity contribution in [1.29, 1.82) is 0 Å². The average molecular weight is 378 g/mol. The van der Waals surface area contributed by atoms with E-state index in [0.29, 0.717) is 24.5 Å². The first-order valence-corrected chi connectivity index (χ1v) is 9.48. The lowest BCUT2D eigenvalue weighted by Gasteiger charge is -2.34. The van der Waals surface area contributed by atoms with Crippen molar-refractivity contribution in [3.8, 4) is 0 Å². The lowest BCUT2D eigenvalue weighted by atomic mass is 10.2. The van der Waals surface area contributed by atoms with Gasteiger partial charge in [0.1, 0.15) is 0 Å². The quantitative estimate of drug-likeness (QED) is 0.837. The fraction of sp³-hybridized carbons (Fsp3) is 0.273. The van der Waals surface area contributed by atoms with Crippen molar-refractivity contribution in [3.05, 3.63) is 66.2 Å². The summed E-state index contributed by atoms with van der Waals surface area (Å²) in [6, 6.07) is 17.3. The van der Waals surface area contributed by atoms with E-state index >= 15 is 0 Å². The van der Waals surface area contributed by atoms with Crippen LogP contribution in [0.25, 0.3) is 6.08 Å². The van der Waals surface area contributed by atoms with Crippen molar-refractivity contribution in [2.24, 2.45) is 0 Å². The van der Waals surface area contributed by atoms with Crippen LogP contribution in [0.15, 0.2) is 60.7 Å². The minimum Gasteiger partial charge on any atom is -0.326 e. The number of carbonyl (C=O) groups is 2. The fourth-order valence-corrected chi connectivity index (χ4v) is 3.08. The summed E-state index contributed by atoms with van der Waals surface area (Å²) in [5.41, 5.74) is 2.63. The molecule has 0 atom stereocenters. The van der Waals surface area contributed by atoms with Gasteiger partial charge in [-0.25, -0.2) is 4.79 Å². The van der Waals surface area contributed by atoms with Gasteiger partial charge in [0.2, 0.25) is 5.91 Å². The van der Waals surface area contributed by atoms with Crippen molar-refractivity contribution in [2.75, 3.05) is 43.4 Å². The van der Waals surface area contributed by atoms with Crippen LogP contribution in [0.5, 0.6) is 0 Å². The molecule has 1 aliphatic rings. The molecular weight excluding hydrogens is 352 g/mol. The molecule has 0 saturated carbocycles. The van der Waals surface area contributed by atoms with Gasteiger partial charge >= 0.3 is 6.03 Å². The average Bonchev–Trinajstić information content (AvgIpc) is 2.70. The molecule has 2 N–H and O–H groups in total. The molecular formula is C22H26N4O2. The number of urea groups is 1. The molecule has 1 saturated heterocycles. The van der Waals surface area contributed by atoms with E-state index < -0.39 is 0 Å². The third-order valence-corrected chi connectivity index (χ3v) is 4.59. The van der Waals surface area contributed by atoms with E-state index in [1.54, 1.807) is 24.3 Å². The maximum absolute atomic E-state index is 12.4. The minimum atomic E-state index is -0.117. The van der Waals surface area contributed by atoms with Gasteiger partial charge in [0, 0.05) is 51.0 Å². The standard InChI is InChI=1S/C22H26N4O2/c1-18(27)23-20-9-11-21(12-10-20)24-22(28)26-16-14-25(15-17-26)13-5-8-19-6-3-2-4-7-19/h2-12H,13-17H2,1H3,(H,23,27)(H,24,28)/b8-5+. The number of piperazine rings is 1. The maximum Gasteiger partial charge on any atom is 0.321 e. The summed E-state index contributed by atoms with van der Waals surface area (Å²) >= 11 is 0. The lowest BCUT2D eigenvalue weighted by molar-refractivity contribution is -0.114. The second kappa shape index (κ2) is 9.71. The Bertz CT molecular complexity index is 810. The van der Waals surface area contributed by atoms with E-state index in [1.807, 2.05) is 23.1 Å². The number of amides is 3. The van der Waals surface area contributed by atoms with E-state index in [1.165, 1.54) is 12.5 Å². The zero-order chi connectivity index (χ0) is 19.8. The van der Waals surface area contributed by atoms with Crippen LogP contribution in [0.2, 0.25) is 0 Å². The number of rotatable bonds is 5. The molecule has 1 aliphatic heterocycles. The first kappa shape index (κ1) is 19.6. The van der Waals surface area contributed by atoms with Crippen molar-refractivity contribution in [2.45, 2.75) is 6.92 Å².